The third-order valence-electron chi connectivity index (χ3n) is 4.31. The van der Waals surface area contributed by atoms with E-state index in [9.17, 15) is 9.59 Å². The first kappa shape index (κ1) is 37.5. The Kier molecular flexibility index (Phi) is 29.9. The van der Waals surface area contributed by atoms with E-state index in [0.29, 0.717) is 119 Å². The van der Waals surface area contributed by atoms with E-state index in [1.165, 1.54) is 0 Å². The number of aliphatic carboxylic acids is 1. The summed E-state index contributed by atoms with van der Waals surface area (Å²) in [5.74, 6) is -1.52. The van der Waals surface area contributed by atoms with Crippen molar-refractivity contribution in [3.8, 4) is 0 Å². The maximum atomic E-state index is 11.3. The van der Waals surface area contributed by atoms with Crippen molar-refractivity contribution >= 4 is 11.9 Å². The molecule has 14 nitrogen and oxygen atoms in total. The van der Waals surface area contributed by atoms with Gasteiger partial charge < -0.3 is 57.8 Å². The summed E-state index contributed by atoms with van der Waals surface area (Å²) in [5, 5.41) is 10.9. The van der Waals surface area contributed by atoms with E-state index in [1.807, 2.05) is 13.8 Å². The van der Waals surface area contributed by atoms with Crippen LogP contribution in [0.15, 0.2) is 0 Å². The summed E-state index contributed by atoms with van der Waals surface area (Å²) in [5.41, 5.74) is 0. The van der Waals surface area contributed by atoms with Gasteiger partial charge in [-0.25, -0.2) is 4.79 Å². The third-order valence-corrected chi connectivity index (χ3v) is 4.31. The lowest BCUT2D eigenvalue weighted by Gasteiger charge is -2.09. The maximum Gasteiger partial charge on any atom is 0.329 e. The van der Waals surface area contributed by atoms with Gasteiger partial charge in [-0.1, -0.05) is 0 Å². The van der Waals surface area contributed by atoms with Crippen LogP contribution < -0.4 is 5.32 Å². The predicted octanol–water partition coefficient (Wildman–Crippen LogP) is -0.238. The lowest BCUT2D eigenvalue weighted by Crippen LogP contribution is -2.31. The van der Waals surface area contributed by atoms with Crippen LogP contribution in [0.25, 0.3) is 0 Å². The normalized spacial score (nSPS) is 11.4. The number of hydrogen-bond donors (Lipinski definition) is 2. The molecule has 39 heavy (non-hydrogen) atoms. The number of nitrogens with one attached hydrogen (secondary N) is 1. The summed E-state index contributed by atoms with van der Waals surface area (Å²) < 4.78 is 53.2. The fourth-order valence-corrected chi connectivity index (χ4v) is 2.53. The zero-order valence-electron chi connectivity index (χ0n) is 23.6. The van der Waals surface area contributed by atoms with Gasteiger partial charge in [0.15, 0.2) is 0 Å². The quantitative estimate of drug-likeness (QED) is 0.102. The average Bonchev–Trinajstić information content (AvgIpc) is 2.89. The van der Waals surface area contributed by atoms with Crippen LogP contribution in [0, 0.1) is 0 Å². The van der Waals surface area contributed by atoms with Crippen LogP contribution in [0.3, 0.4) is 0 Å². The van der Waals surface area contributed by atoms with Crippen LogP contribution in [0.1, 0.15) is 13.8 Å². The molecule has 2 N–H and O–H groups in total. The van der Waals surface area contributed by atoms with Gasteiger partial charge in [0.1, 0.15) is 13.2 Å². The molecule has 0 saturated heterocycles. The van der Waals surface area contributed by atoms with E-state index in [1.54, 1.807) is 0 Å². The first-order valence-corrected chi connectivity index (χ1v) is 13.3. The Bertz CT molecular complexity index is 540. The van der Waals surface area contributed by atoms with E-state index in [-0.39, 0.29) is 12.7 Å². The molecule has 0 aromatic heterocycles. The third kappa shape index (κ3) is 34.5. The molecule has 0 aromatic rings. The molecule has 0 spiro atoms. The van der Waals surface area contributed by atoms with Crippen LogP contribution in [-0.2, 0) is 57.0 Å². The Morgan fingerprint density at radius 3 is 1.18 bits per heavy atom. The van der Waals surface area contributed by atoms with Crippen LogP contribution >= 0.6 is 0 Å². The minimum absolute atomic E-state index is 0.223. The Morgan fingerprint density at radius 2 is 0.846 bits per heavy atom. The standard InChI is InChI=1S/C25H49NO13/c1-23(2)39-20-19-37-18-17-36-16-15-35-14-13-34-12-11-33-10-9-32-8-7-31-6-5-30-4-3-26-24(27)21-38-22-25(28)29/h23H,3-22H2,1-2H3,(H,26,27)(H,28,29). The van der Waals surface area contributed by atoms with Crippen LogP contribution in [0.2, 0.25) is 0 Å². The molecular weight excluding hydrogens is 522 g/mol. The number of carboxylic acid groups (broad SMARTS) is 1. The second kappa shape index (κ2) is 31.1. The Balaban J connectivity index is 3.09. The van der Waals surface area contributed by atoms with Crippen molar-refractivity contribution < 1.29 is 62.1 Å². The molecule has 0 saturated carbocycles. The number of ether oxygens (including phenoxy) is 10. The topological polar surface area (TPSA) is 159 Å². The van der Waals surface area contributed by atoms with Crippen LogP contribution in [-0.4, -0.2) is 155 Å². The first-order chi connectivity index (χ1) is 19.0. The Hall–Kier alpha value is -1.46. The molecule has 0 heterocycles. The van der Waals surface area contributed by atoms with Crippen molar-refractivity contribution in [2.45, 2.75) is 20.0 Å². The van der Waals surface area contributed by atoms with Gasteiger partial charge in [-0.15, -0.1) is 0 Å². The minimum atomic E-state index is -1.12. The molecule has 0 aromatic carbocycles. The molecule has 0 aliphatic rings. The number of amides is 1. The molecule has 0 rings (SSSR count). The van der Waals surface area contributed by atoms with Gasteiger partial charge in [0.05, 0.1) is 118 Å². The SMILES string of the molecule is CC(C)OCCOCCOCCOCCOCCOCCOCCOCCOCCNC(=O)COCC(=O)O. The lowest BCUT2D eigenvalue weighted by atomic mass is 10.5. The van der Waals surface area contributed by atoms with E-state index < -0.39 is 18.5 Å². The van der Waals surface area contributed by atoms with Gasteiger partial charge in [0.2, 0.25) is 5.91 Å². The maximum absolute atomic E-state index is 11.3. The zero-order valence-corrected chi connectivity index (χ0v) is 23.6. The highest BCUT2D eigenvalue weighted by molar-refractivity contribution is 5.77. The number of carbonyl (C=O) groups excluding carboxylic acids is 1. The summed E-state index contributed by atoms with van der Waals surface area (Å²) >= 11 is 0. The molecule has 0 bridgehead atoms. The molecule has 0 atom stereocenters. The largest absolute Gasteiger partial charge is 0.480 e. The van der Waals surface area contributed by atoms with Crippen molar-refractivity contribution in [3.63, 3.8) is 0 Å². The van der Waals surface area contributed by atoms with Crippen molar-refractivity contribution in [3.05, 3.63) is 0 Å². The van der Waals surface area contributed by atoms with Crippen molar-refractivity contribution in [2.75, 3.05) is 132 Å². The lowest BCUT2D eigenvalue weighted by molar-refractivity contribution is -0.143. The van der Waals surface area contributed by atoms with Crippen LogP contribution in [0.4, 0.5) is 0 Å². The molecule has 1 amide bonds. The highest BCUT2D eigenvalue weighted by Crippen LogP contribution is 1.88. The minimum Gasteiger partial charge on any atom is -0.480 e. The zero-order chi connectivity index (χ0) is 28.7. The fraction of sp³-hybridized carbons (Fsp3) is 0.920. The van der Waals surface area contributed by atoms with Crippen molar-refractivity contribution in [2.24, 2.45) is 0 Å². The summed E-state index contributed by atoms with van der Waals surface area (Å²) in [4.78, 5) is 21.6. The summed E-state index contributed by atoms with van der Waals surface area (Å²) in [7, 11) is 0. The highest BCUT2D eigenvalue weighted by Gasteiger charge is 2.03. The molecule has 0 fully saturated rings. The Morgan fingerprint density at radius 1 is 0.513 bits per heavy atom. The van der Waals surface area contributed by atoms with Crippen molar-refractivity contribution in [1.29, 1.82) is 0 Å². The molecule has 14 heteroatoms. The van der Waals surface area contributed by atoms with Gasteiger partial charge in [-0.05, 0) is 13.8 Å². The molecule has 0 radical (unpaired) electrons. The predicted molar refractivity (Wildman–Crippen MR) is 139 cm³/mol. The number of rotatable bonds is 32. The van der Waals surface area contributed by atoms with Gasteiger partial charge in [0, 0.05) is 6.54 Å². The summed E-state index contributed by atoms with van der Waals surface area (Å²) in [6.07, 6.45) is 0.223. The van der Waals surface area contributed by atoms with Gasteiger partial charge in [0.25, 0.3) is 0 Å². The molecule has 0 aliphatic heterocycles. The molecule has 232 valence electrons. The second-order valence-corrected chi connectivity index (χ2v) is 8.06. The van der Waals surface area contributed by atoms with E-state index in [2.05, 4.69) is 10.1 Å². The fourth-order valence-electron chi connectivity index (χ4n) is 2.53. The van der Waals surface area contributed by atoms with Gasteiger partial charge in [-0.3, -0.25) is 4.79 Å². The summed E-state index contributed by atoms with van der Waals surface area (Å²) in [6.45, 7) is 11.7. The van der Waals surface area contributed by atoms with Gasteiger partial charge in [-0.2, -0.15) is 0 Å². The molecular formula is C25H49NO13. The van der Waals surface area contributed by atoms with Crippen molar-refractivity contribution in [1.82, 2.24) is 5.32 Å². The highest BCUT2D eigenvalue weighted by atomic mass is 16.6. The first-order valence-electron chi connectivity index (χ1n) is 13.3. The van der Waals surface area contributed by atoms with E-state index in [4.69, 9.17) is 47.7 Å². The van der Waals surface area contributed by atoms with E-state index in [0.717, 1.165) is 0 Å². The van der Waals surface area contributed by atoms with E-state index >= 15 is 0 Å². The number of carboxylic acids is 1. The smallest absolute Gasteiger partial charge is 0.329 e. The molecule has 0 aliphatic carbocycles. The monoisotopic (exact) mass is 571 g/mol. The van der Waals surface area contributed by atoms with Crippen LogP contribution in [0.5, 0.6) is 0 Å². The van der Waals surface area contributed by atoms with Gasteiger partial charge >= 0.3 is 5.97 Å². The molecule has 0 unspecified atom stereocenters. The summed E-state index contributed by atoms with van der Waals surface area (Å²) in [6, 6.07) is 0. The number of hydrogen-bond acceptors (Lipinski definition) is 12. The Labute approximate surface area is 231 Å². The average molecular weight is 572 g/mol. The second-order valence-electron chi connectivity index (χ2n) is 8.06. The number of carbonyl (C=O) groups is 2.